The van der Waals surface area contributed by atoms with E-state index in [2.05, 4.69) is 14.9 Å². The van der Waals surface area contributed by atoms with E-state index in [1.54, 1.807) is 24.5 Å². The van der Waals surface area contributed by atoms with Crippen molar-refractivity contribution in [2.75, 3.05) is 13.1 Å². The van der Waals surface area contributed by atoms with Crippen LogP contribution >= 0.6 is 0 Å². The highest BCUT2D eigenvalue weighted by molar-refractivity contribution is 5.18. The normalized spacial score (nSPS) is 23.3. The van der Waals surface area contributed by atoms with Crippen molar-refractivity contribution in [3.8, 4) is 0 Å². The number of rotatable bonds is 4. The van der Waals surface area contributed by atoms with E-state index < -0.39 is 6.10 Å². The minimum atomic E-state index is -0.423. The molecular formula is C16H20FN3O. The third-order valence-electron chi connectivity index (χ3n) is 4.17. The van der Waals surface area contributed by atoms with Crippen LogP contribution in [0.1, 0.15) is 17.8 Å². The van der Waals surface area contributed by atoms with E-state index in [9.17, 15) is 9.50 Å². The summed E-state index contributed by atoms with van der Waals surface area (Å²) in [6.07, 6.45) is 4.58. The number of aromatic amines is 1. The predicted octanol–water partition coefficient (Wildman–Crippen LogP) is 1.97. The predicted molar refractivity (Wildman–Crippen MR) is 78.1 cm³/mol. The standard InChI is InChI=1S/C16H20FN3O/c17-14-4-2-1-3-12(14)9-13-5-8-20(10-15(13)21)11-16-18-6-7-19-16/h1-4,6-7,13,15,21H,5,8-11H2,(H,18,19)/t13-,15-/m1/s1. The van der Waals surface area contributed by atoms with Crippen molar-refractivity contribution in [3.05, 3.63) is 53.9 Å². The van der Waals surface area contributed by atoms with Crippen LogP contribution in [0.5, 0.6) is 0 Å². The van der Waals surface area contributed by atoms with E-state index in [0.29, 0.717) is 18.5 Å². The Bertz CT molecular complexity index is 573. The number of aliphatic hydroxyl groups excluding tert-OH is 1. The number of aliphatic hydroxyl groups is 1. The van der Waals surface area contributed by atoms with Gasteiger partial charge in [-0.25, -0.2) is 9.37 Å². The lowest BCUT2D eigenvalue weighted by Crippen LogP contribution is -2.44. The number of nitrogens with one attached hydrogen (secondary N) is 1. The highest BCUT2D eigenvalue weighted by Crippen LogP contribution is 2.24. The molecule has 1 aromatic heterocycles. The number of halogens is 1. The Morgan fingerprint density at radius 2 is 2.24 bits per heavy atom. The first kappa shape index (κ1) is 14.2. The molecule has 0 saturated carbocycles. The van der Waals surface area contributed by atoms with Crippen LogP contribution in [0, 0.1) is 11.7 Å². The number of β-amino-alcohol motifs (C(OH)–C–C–N with tert-alkyl or cyclic N) is 1. The molecule has 2 N–H and O–H groups in total. The molecule has 0 unspecified atom stereocenters. The summed E-state index contributed by atoms with van der Waals surface area (Å²) in [6, 6.07) is 6.82. The molecule has 0 radical (unpaired) electrons. The summed E-state index contributed by atoms with van der Waals surface area (Å²) in [5, 5.41) is 10.3. The first-order chi connectivity index (χ1) is 10.2. The van der Waals surface area contributed by atoms with Gasteiger partial charge in [0, 0.05) is 18.9 Å². The van der Waals surface area contributed by atoms with Gasteiger partial charge in [0.05, 0.1) is 12.6 Å². The van der Waals surface area contributed by atoms with Crippen molar-refractivity contribution in [1.29, 1.82) is 0 Å². The summed E-state index contributed by atoms with van der Waals surface area (Å²) in [5.74, 6) is 0.854. The molecule has 21 heavy (non-hydrogen) atoms. The second-order valence-corrected chi connectivity index (χ2v) is 5.68. The maximum atomic E-state index is 13.7. The van der Waals surface area contributed by atoms with Gasteiger partial charge in [0.1, 0.15) is 11.6 Å². The number of benzene rings is 1. The Morgan fingerprint density at radius 3 is 2.95 bits per heavy atom. The van der Waals surface area contributed by atoms with Crippen LogP contribution in [-0.4, -0.2) is 39.2 Å². The van der Waals surface area contributed by atoms with Crippen LogP contribution in [0.3, 0.4) is 0 Å². The topological polar surface area (TPSA) is 52.1 Å². The van der Waals surface area contributed by atoms with Gasteiger partial charge in [-0.3, -0.25) is 4.90 Å². The highest BCUT2D eigenvalue weighted by atomic mass is 19.1. The number of aromatic nitrogens is 2. The Labute approximate surface area is 123 Å². The Hall–Kier alpha value is -1.72. The van der Waals surface area contributed by atoms with E-state index in [1.807, 2.05) is 6.07 Å². The molecule has 1 fully saturated rings. The molecule has 4 nitrogen and oxygen atoms in total. The van der Waals surface area contributed by atoms with E-state index in [1.165, 1.54) is 6.07 Å². The maximum Gasteiger partial charge on any atom is 0.126 e. The second-order valence-electron chi connectivity index (χ2n) is 5.68. The molecule has 3 rings (SSSR count). The average Bonchev–Trinajstić information content (AvgIpc) is 2.97. The molecule has 2 heterocycles. The van der Waals surface area contributed by atoms with E-state index in [0.717, 1.165) is 25.3 Å². The van der Waals surface area contributed by atoms with Gasteiger partial charge in [0.2, 0.25) is 0 Å². The summed E-state index contributed by atoms with van der Waals surface area (Å²) >= 11 is 0. The molecule has 112 valence electrons. The van der Waals surface area contributed by atoms with E-state index in [4.69, 9.17) is 0 Å². The molecule has 1 aliphatic heterocycles. The zero-order valence-corrected chi connectivity index (χ0v) is 11.9. The average molecular weight is 289 g/mol. The number of H-pyrrole nitrogens is 1. The van der Waals surface area contributed by atoms with Gasteiger partial charge in [-0.1, -0.05) is 18.2 Å². The van der Waals surface area contributed by atoms with E-state index in [-0.39, 0.29) is 11.7 Å². The Kier molecular flexibility index (Phi) is 4.31. The van der Waals surface area contributed by atoms with E-state index >= 15 is 0 Å². The van der Waals surface area contributed by atoms with Gasteiger partial charge in [-0.2, -0.15) is 0 Å². The van der Waals surface area contributed by atoms with Crippen molar-refractivity contribution in [1.82, 2.24) is 14.9 Å². The van der Waals surface area contributed by atoms with Crippen molar-refractivity contribution in [3.63, 3.8) is 0 Å². The summed E-state index contributed by atoms with van der Waals surface area (Å²) in [7, 11) is 0. The largest absolute Gasteiger partial charge is 0.391 e. The molecule has 2 atom stereocenters. The van der Waals surface area contributed by atoms with Crippen molar-refractivity contribution < 1.29 is 9.50 Å². The fourth-order valence-electron chi connectivity index (χ4n) is 2.97. The van der Waals surface area contributed by atoms with Crippen LogP contribution in [0.15, 0.2) is 36.7 Å². The third kappa shape index (κ3) is 3.49. The number of piperidine rings is 1. The SMILES string of the molecule is O[C@@H]1CN(Cc2ncc[nH]2)CC[C@@H]1Cc1ccccc1F. The fourth-order valence-corrected chi connectivity index (χ4v) is 2.97. The number of imidazole rings is 1. The minimum Gasteiger partial charge on any atom is -0.391 e. The van der Waals surface area contributed by atoms with Gasteiger partial charge in [-0.15, -0.1) is 0 Å². The third-order valence-corrected chi connectivity index (χ3v) is 4.17. The number of nitrogens with zero attached hydrogens (tertiary/aromatic N) is 2. The minimum absolute atomic E-state index is 0.120. The zero-order valence-electron chi connectivity index (χ0n) is 11.9. The second kappa shape index (κ2) is 6.37. The molecule has 1 saturated heterocycles. The van der Waals surface area contributed by atoms with Crippen LogP contribution in [-0.2, 0) is 13.0 Å². The molecule has 0 bridgehead atoms. The van der Waals surface area contributed by atoms with Crippen LogP contribution in [0.25, 0.3) is 0 Å². The lowest BCUT2D eigenvalue weighted by Gasteiger charge is -2.35. The van der Waals surface area contributed by atoms with Gasteiger partial charge in [0.15, 0.2) is 0 Å². The van der Waals surface area contributed by atoms with Gasteiger partial charge >= 0.3 is 0 Å². The highest BCUT2D eigenvalue weighted by Gasteiger charge is 2.28. The zero-order chi connectivity index (χ0) is 14.7. The summed E-state index contributed by atoms with van der Waals surface area (Å²) in [4.78, 5) is 9.46. The lowest BCUT2D eigenvalue weighted by molar-refractivity contribution is 0.0176. The monoisotopic (exact) mass is 289 g/mol. The molecular weight excluding hydrogens is 269 g/mol. The number of hydrogen-bond acceptors (Lipinski definition) is 3. The van der Waals surface area contributed by atoms with Crippen molar-refractivity contribution in [2.45, 2.75) is 25.5 Å². The van der Waals surface area contributed by atoms with Crippen LogP contribution in [0.4, 0.5) is 4.39 Å². The Balaban J connectivity index is 1.57. The summed E-state index contributed by atoms with van der Waals surface area (Å²) in [6.45, 7) is 2.23. The Morgan fingerprint density at radius 1 is 1.38 bits per heavy atom. The van der Waals surface area contributed by atoms with Gasteiger partial charge < -0.3 is 10.1 Å². The molecule has 5 heteroatoms. The molecule has 1 aromatic carbocycles. The molecule has 0 spiro atoms. The molecule has 0 aliphatic carbocycles. The molecule has 0 amide bonds. The smallest absolute Gasteiger partial charge is 0.126 e. The van der Waals surface area contributed by atoms with Crippen LogP contribution in [0.2, 0.25) is 0 Å². The first-order valence-electron chi connectivity index (χ1n) is 7.34. The summed E-state index contributed by atoms with van der Waals surface area (Å²) < 4.78 is 13.7. The molecule has 2 aromatic rings. The van der Waals surface area contributed by atoms with Crippen LogP contribution < -0.4 is 0 Å². The van der Waals surface area contributed by atoms with Gasteiger partial charge in [-0.05, 0) is 36.9 Å². The summed E-state index contributed by atoms with van der Waals surface area (Å²) in [5.41, 5.74) is 0.695. The lowest BCUT2D eigenvalue weighted by atomic mass is 9.87. The van der Waals surface area contributed by atoms with Crippen molar-refractivity contribution >= 4 is 0 Å². The van der Waals surface area contributed by atoms with Crippen molar-refractivity contribution in [2.24, 2.45) is 5.92 Å². The van der Waals surface area contributed by atoms with Gasteiger partial charge in [0.25, 0.3) is 0 Å². The first-order valence-corrected chi connectivity index (χ1v) is 7.34. The fraction of sp³-hybridized carbons (Fsp3) is 0.438. The number of likely N-dealkylation sites (tertiary alicyclic amines) is 1. The molecule has 1 aliphatic rings. The maximum absolute atomic E-state index is 13.7. The number of hydrogen-bond donors (Lipinski definition) is 2. The quantitative estimate of drug-likeness (QED) is 0.905.